The molecule has 12 heteroatoms. The fraction of sp³-hybridized carbons (Fsp3) is 0.565. The molecular weight excluding hydrogens is 476 g/mol. The number of carbonyl (C=O) groups excluding carboxylic acids is 1. The lowest BCUT2D eigenvalue weighted by atomic mass is 10.1. The third kappa shape index (κ3) is 4.71. The SMILES string of the molecule is C=C(C(N)CN1C[C@@H]2CC1C(=O)N2c1cc(C(F)(F)F)cc(C(F)(F)F)c1)N1CC(C)CC1C#N. The predicted molar refractivity (Wildman–Crippen MR) is 115 cm³/mol. The van der Waals surface area contributed by atoms with Crippen molar-refractivity contribution in [3.63, 3.8) is 0 Å². The largest absolute Gasteiger partial charge is 0.416 e. The maximum atomic E-state index is 13.3. The number of hydrogen-bond donors (Lipinski definition) is 1. The van der Waals surface area contributed by atoms with Crippen LogP contribution in [0.2, 0.25) is 0 Å². The number of alkyl halides is 6. The van der Waals surface area contributed by atoms with E-state index in [0.717, 1.165) is 4.90 Å². The van der Waals surface area contributed by atoms with Gasteiger partial charge in [-0.1, -0.05) is 13.5 Å². The molecule has 3 heterocycles. The number of nitrogens with zero attached hydrogens (tertiary/aromatic N) is 4. The molecule has 190 valence electrons. The predicted octanol–water partition coefficient (Wildman–Crippen LogP) is 3.59. The van der Waals surface area contributed by atoms with Gasteiger partial charge in [0.2, 0.25) is 5.91 Å². The molecule has 0 saturated carbocycles. The van der Waals surface area contributed by atoms with E-state index in [4.69, 9.17) is 5.73 Å². The summed E-state index contributed by atoms with van der Waals surface area (Å²) in [6, 6.07) is 1.27. The number of nitrogens with two attached hydrogens (primary N) is 1. The number of fused-ring (bicyclic) bond motifs is 2. The van der Waals surface area contributed by atoms with Crippen LogP contribution in [0.5, 0.6) is 0 Å². The smallest absolute Gasteiger partial charge is 0.358 e. The van der Waals surface area contributed by atoms with Crippen molar-refractivity contribution < 1.29 is 31.1 Å². The van der Waals surface area contributed by atoms with Gasteiger partial charge in [-0.3, -0.25) is 9.69 Å². The Morgan fingerprint density at radius 3 is 2.26 bits per heavy atom. The van der Waals surface area contributed by atoms with E-state index in [1.807, 2.05) is 11.8 Å². The van der Waals surface area contributed by atoms with E-state index in [0.29, 0.717) is 36.7 Å². The van der Waals surface area contributed by atoms with Gasteiger partial charge in [0, 0.05) is 31.0 Å². The molecule has 5 atom stereocenters. The average Bonchev–Trinajstić information content (AvgIpc) is 3.43. The molecule has 3 fully saturated rings. The molecule has 4 unspecified atom stereocenters. The number of halogens is 6. The molecule has 1 aromatic rings. The van der Waals surface area contributed by atoms with Crippen molar-refractivity contribution in [3.8, 4) is 6.07 Å². The van der Waals surface area contributed by atoms with Crippen LogP contribution in [0.25, 0.3) is 0 Å². The summed E-state index contributed by atoms with van der Waals surface area (Å²) in [6.45, 7) is 7.19. The lowest BCUT2D eigenvalue weighted by Crippen LogP contribution is -2.54. The number of likely N-dealkylation sites (tertiary alicyclic amines) is 2. The summed E-state index contributed by atoms with van der Waals surface area (Å²) >= 11 is 0. The molecule has 2 N–H and O–H groups in total. The van der Waals surface area contributed by atoms with Crippen molar-refractivity contribution in [3.05, 3.63) is 41.6 Å². The second-order valence-corrected chi connectivity index (χ2v) is 9.57. The third-order valence-electron chi connectivity index (χ3n) is 7.01. The van der Waals surface area contributed by atoms with Crippen LogP contribution in [0.15, 0.2) is 30.5 Å². The van der Waals surface area contributed by atoms with Crippen LogP contribution in [0.4, 0.5) is 32.0 Å². The number of amides is 1. The zero-order chi connectivity index (χ0) is 25.9. The molecule has 3 aliphatic heterocycles. The van der Waals surface area contributed by atoms with Crippen molar-refractivity contribution in [2.45, 2.75) is 56.3 Å². The van der Waals surface area contributed by atoms with Crippen molar-refractivity contribution in [2.24, 2.45) is 11.7 Å². The Morgan fingerprint density at radius 2 is 1.74 bits per heavy atom. The Bertz CT molecular complexity index is 1030. The molecule has 1 aromatic carbocycles. The number of carbonyl (C=O) groups is 1. The highest BCUT2D eigenvalue weighted by molar-refractivity contribution is 6.01. The van der Waals surface area contributed by atoms with Gasteiger partial charge < -0.3 is 15.5 Å². The lowest BCUT2D eigenvalue weighted by molar-refractivity contribution is -0.143. The molecule has 0 aliphatic carbocycles. The monoisotopic (exact) mass is 501 g/mol. The Labute approximate surface area is 198 Å². The molecular formula is C23H25F6N5O. The molecule has 0 aromatic heterocycles. The topological polar surface area (TPSA) is 76.6 Å². The molecule has 35 heavy (non-hydrogen) atoms. The van der Waals surface area contributed by atoms with Crippen LogP contribution in [0.3, 0.4) is 0 Å². The van der Waals surface area contributed by atoms with Gasteiger partial charge in [-0.2, -0.15) is 31.6 Å². The summed E-state index contributed by atoms with van der Waals surface area (Å²) < 4.78 is 79.6. The second-order valence-electron chi connectivity index (χ2n) is 9.57. The van der Waals surface area contributed by atoms with E-state index in [2.05, 4.69) is 12.6 Å². The van der Waals surface area contributed by atoms with E-state index in [1.165, 1.54) is 0 Å². The van der Waals surface area contributed by atoms with Crippen molar-refractivity contribution in [1.82, 2.24) is 9.80 Å². The van der Waals surface area contributed by atoms with Gasteiger partial charge >= 0.3 is 12.4 Å². The normalized spacial score (nSPS) is 28.0. The first-order valence-corrected chi connectivity index (χ1v) is 11.2. The quantitative estimate of drug-likeness (QED) is 0.625. The Morgan fingerprint density at radius 1 is 1.14 bits per heavy atom. The zero-order valence-electron chi connectivity index (χ0n) is 18.9. The minimum atomic E-state index is -4.99. The van der Waals surface area contributed by atoms with E-state index in [1.54, 1.807) is 4.90 Å². The first-order chi connectivity index (χ1) is 16.2. The molecule has 4 rings (SSSR count). The van der Waals surface area contributed by atoms with E-state index in [9.17, 15) is 36.4 Å². The third-order valence-corrected chi connectivity index (χ3v) is 7.01. The molecule has 3 saturated heterocycles. The first-order valence-electron chi connectivity index (χ1n) is 11.2. The maximum absolute atomic E-state index is 13.3. The standard InChI is InChI=1S/C23H25F6N5O/c1-12-3-17(8-30)33(9-12)13(2)19(31)11-32-10-18-7-20(32)21(35)34(18)16-5-14(22(24,25)26)4-15(6-16)23(27,28)29/h4-6,12,17-20H,2-3,7,9-11,31H2,1H3/t12?,17?,18-,19?,20?/m0/s1. The molecule has 2 bridgehead atoms. The lowest BCUT2D eigenvalue weighted by Gasteiger charge is -2.37. The van der Waals surface area contributed by atoms with Crippen LogP contribution in [-0.4, -0.2) is 59.5 Å². The number of benzene rings is 1. The number of nitriles is 1. The number of anilines is 1. The summed E-state index contributed by atoms with van der Waals surface area (Å²) in [5.74, 6) is -0.258. The molecule has 6 nitrogen and oxygen atoms in total. The van der Waals surface area contributed by atoms with Gasteiger partial charge in [-0.25, -0.2) is 0 Å². The molecule has 0 radical (unpaired) electrons. The summed E-state index contributed by atoms with van der Waals surface area (Å²) in [5.41, 5.74) is 3.57. The van der Waals surface area contributed by atoms with Gasteiger partial charge in [0.25, 0.3) is 0 Å². The fourth-order valence-corrected chi connectivity index (χ4v) is 5.34. The number of rotatable bonds is 5. The molecule has 3 aliphatic rings. The van der Waals surface area contributed by atoms with E-state index >= 15 is 0 Å². The summed E-state index contributed by atoms with van der Waals surface area (Å²) in [7, 11) is 0. The summed E-state index contributed by atoms with van der Waals surface area (Å²) in [5, 5.41) is 9.39. The first kappa shape index (κ1) is 25.3. The van der Waals surface area contributed by atoms with Gasteiger partial charge in [-0.05, 0) is 37.0 Å². The van der Waals surface area contributed by atoms with Crippen molar-refractivity contribution in [2.75, 3.05) is 24.5 Å². The van der Waals surface area contributed by atoms with E-state index in [-0.39, 0.29) is 31.6 Å². The highest BCUT2D eigenvalue weighted by atomic mass is 19.4. The van der Waals surface area contributed by atoms with E-state index < -0.39 is 53.2 Å². The highest BCUT2D eigenvalue weighted by Gasteiger charge is 2.51. The molecule has 1 amide bonds. The maximum Gasteiger partial charge on any atom is 0.416 e. The highest BCUT2D eigenvalue weighted by Crippen LogP contribution is 2.42. The minimum absolute atomic E-state index is 0.0486. The van der Waals surface area contributed by atoms with Crippen LogP contribution in [-0.2, 0) is 17.1 Å². The molecule has 0 spiro atoms. The summed E-state index contributed by atoms with van der Waals surface area (Å²) in [6.07, 6.45) is -9.02. The summed E-state index contributed by atoms with van der Waals surface area (Å²) in [4.78, 5) is 17.7. The van der Waals surface area contributed by atoms with Crippen LogP contribution >= 0.6 is 0 Å². The Balaban J connectivity index is 1.50. The Hall–Kier alpha value is -2.78. The van der Waals surface area contributed by atoms with Crippen molar-refractivity contribution in [1.29, 1.82) is 5.26 Å². The van der Waals surface area contributed by atoms with Gasteiger partial charge in [-0.15, -0.1) is 0 Å². The van der Waals surface area contributed by atoms with Gasteiger partial charge in [0.1, 0.15) is 6.04 Å². The van der Waals surface area contributed by atoms with Gasteiger partial charge in [0.15, 0.2) is 0 Å². The van der Waals surface area contributed by atoms with Crippen LogP contribution < -0.4 is 10.6 Å². The van der Waals surface area contributed by atoms with Crippen LogP contribution in [0.1, 0.15) is 30.9 Å². The van der Waals surface area contributed by atoms with Gasteiger partial charge in [0.05, 0.1) is 35.3 Å². The van der Waals surface area contributed by atoms with Crippen LogP contribution in [0, 0.1) is 17.2 Å². The minimum Gasteiger partial charge on any atom is -0.358 e. The number of hydrogen-bond acceptors (Lipinski definition) is 5. The second kappa shape index (κ2) is 8.71. The Kier molecular flexibility index (Phi) is 6.30. The van der Waals surface area contributed by atoms with Crippen molar-refractivity contribution >= 4 is 11.6 Å². The fourth-order valence-electron chi connectivity index (χ4n) is 5.34. The average molecular weight is 501 g/mol. The number of piperazine rings is 1. The zero-order valence-corrected chi connectivity index (χ0v) is 18.9.